The maximum Gasteiger partial charge on any atom is 0.239 e. The van der Waals surface area contributed by atoms with E-state index < -0.39 is 0 Å². The van der Waals surface area contributed by atoms with Gasteiger partial charge in [-0.25, -0.2) is 0 Å². The summed E-state index contributed by atoms with van der Waals surface area (Å²) in [5.74, 6) is -0.0796. The van der Waals surface area contributed by atoms with Crippen LogP contribution in [0.5, 0.6) is 0 Å². The molecule has 0 radical (unpaired) electrons. The van der Waals surface area contributed by atoms with E-state index in [-0.39, 0.29) is 18.4 Å². The normalized spacial score (nSPS) is 14.1. The Labute approximate surface area is 136 Å². The Morgan fingerprint density at radius 1 is 1.36 bits per heavy atom. The average Bonchev–Trinajstić information content (AvgIpc) is 3.22. The van der Waals surface area contributed by atoms with E-state index in [1.807, 2.05) is 13.0 Å². The molecule has 1 aromatic rings. The SMILES string of the molecule is CCCNC(=O)CN(C)C(=O)CN(Cc1cccs1)C1CC1. The van der Waals surface area contributed by atoms with Gasteiger partial charge in [-0.2, -0.15) is 0 Å². The third-order valence-corrected chi connectivity index (χ3v) is 4.58. The number of amides is 2. The van der Waals surface area contributed by atoms with Gasteiger partial charge < -0.3 is 10.2 Å². The zero-order chi connectivity index (χ0) is 15.9. The monoisotopic (exact) mass is 323 g/mol. The molecule has 22 heavy (non-hydrogen) atoms. The van der Waals surface area contributed by atoms with Crippen LogP contribution in [0.4, 0.5) is 0 Å². The van der Waals surface area contributed by atoms with Crippen molar-refractivity contribution in [2.45, 2.75) is 38.8 Å². The fraction of sp³-hybridized carbons (Fsp3) is 0.625. The molecule has 0 spiro atoms. The molecule has 5 nitrogen and oxygen atoms in total. The molecule has 0 unspecified atom stereocenters. The minimum Gasteiger partial charge on any atom is -0.355 e. The van der Waals surface area contributed by atoms with Crippen molar-refractivity contribution in [2.24, 2.45) is 0 Å². The van der Waals surface area contributed by atoms with Crippen LogP contribution >= 0.6 is 11.3 Å². The highest BCUT2D eigenvalue weighted by Crippen LogP contribution is 2.29. The lowest BCUT2D eigenvalue weighted by atomic mass is 10.3. The molecule has 1 saturated carbocycles. The van der Waals surface area contributed by atoms with E-state index in [4.69, 9.17) is 0 Å². The van der Waals surface area contributed by atoms with Crippen molar-refractivity contribution in [1.29, 1.82) is 0 Å². The summed E-state index contributed by atoms with van der Waals surface area (Å²) in [6, 6.07) is 4.66. The van der Waals surface area contributed by atoms with E-state index in [2.05, 4.69) is 21.7 Å². The number of rotatable bonds is 9. The number of nitrogens with zero attached hydrogens (tertiary/aromatic N) is 2. The Morgan fingerprint density at radius 3 is 2.73 bits per heavy atom. The summed E-state index contributed by atoms with van der Waals surface area (Å²) in [5.41, 5.74) is 0. The van der Waals surface area contributed by atoms with Gasteiger partial charge in [-0.15, -0.1) is 11.3 Å². The molecule has 0 saturated heterocycles. The first kappa shape index (κ1) is 17.0. The van der Waals surface area contributed by atoms with Gasteiger partial charge in [-0.1, -0.05) is 13.0 Å². The number of likely N-dealkylation sites (N-methyl/N-ethyl adjacent to an activating group) is 1. The second kappa shape index (κ2) is 8.29. The molecule has 6 heteroatoms. The Balaban J connectivity index is 1.81. The summed E-state index contributed by atoms with van der Waals surface area (Å²) < 4.78 is 0. The van der Waals surface area contributed by atoms with Crippen LogP contribution in [0.15, 0.2) is 17.5 Å². The molecule has 1 aliphatic rings. The number of thiophene rings is 1. The second-order valence-electron chi connectivity index (χ2n) is 5.82. The summed E-state index contributed by atoms with van der Waals surface area (Å²) in [6.07, 6.45) is 3.23. The molecular formula is C16H25N3O2S. The lowest BCUT2D eigenvalue weighted by Crippen LogP contribution is -2.43. The summed E-state index contributed by atoms with van der Waals surface area (Å²) in [5, 5.41) is 4.86. The predicted molar refractivity (Wildman–Crippen MR) is 88.7 cm³/mol. The molecule has 1 aromatic heterocycles. The molecule has 2 rings (SSSR count). The van der Waals surface area contributed by atoms with E-state index in [1.165, 1.54) is 22.6 Å². The zero-order valence-corrected chi connectivity index (χ0v) is 14.2. The van der Waals surface area contributed by atoms with E-state index >= 15 is 0 Å². The summed E-state index contributed by atoms with van der Waals surface area (Å²) >= 11 is 1.72. The number of hydrogen-bond donors (Lipinski definition) is 1. The van der Waals surface area contributed by atoms with Gasteiger partial charge in [-0.05, 0) is 30.7 Å². The second-order valence-corrected chi connectivity index (χ2v) is 6.85. The Bertz CT molecular complexity index is 486. The van der Waals surface area contributed by atoms with E-state index in [0.29, 0.717) is 19.1 Å². The van der Waals surface area contributed by atoms with Crippen molar-refractivity contribution in [2.75, 3.05) is 26.7 Å². The number of nitrogens with one attached hydrogen (secondary N) is 1. The van der Waals surface area contributed by atoms with Crippen LogP contribution in [0.25, 0.3) is 0 Å². The maximum absolute atomic E-state index is 12.3. The van der Waals surface area contributed by atoms with Crippen molar-refractivity contribution in [1.82, 2.24) is 15.1 Å². The molecule has 2 amide bonds. The summed E-state index contributed by atoms with van der Waals surface area (Å²) in [7, 11) is 1.70. The molecule has 1 fully saturated rings. The molecule has 1 aliphatic carbocycles. The van der Waals surface area contributed by atoms with Crippen molar-refractivity contribution in [3.8, 4) is 0 Å². The largest absolute Gasteiger partial charge is 0.355 e. The molecule has 0 atom stereocenters. The Kier molecular flexibility index (Phi) is 6.39. The number of carbonyl (C=O) groups is 2. The van der Waals surface area contributed by atoms with Crippen LogP contribution in [0.3, 0.4) is 0 Å². The molecule has 0 bridgehead atoms. The van der Waals surface area contributed by atoms with Crippen LogP contribution in [-0.2, 0) is 16.1 Å². The number of hydrogen-bond acceptors (Lipinski definition) is 4. The quantitative estimate of drug-likeness (QED) is 0.752. The van der Waals surface area contributed by atoms with Crippen molar-refractivity contribution in [3.05, 3.63) is 22.4 Å². The third-order valence-electron chi connectivity index (χ3n) is 3.72. The highest BCUT2D eigenvalue weighted by Gasteiger charge is 2.31. The van der Waals surface area contributed by atoms with Crippen LogP contribution in [0, 0.1) is 0 Å². The van der Waals surface area contributed by atoms with Crippen LogP contribution in [0.2, 0.25) is 0 Å². The standard InChI is InChI=1S/C16H25N3O2S/c1-3-8-17-15(20)11-18(2)16(21)12-19(13-6-7-13)10-14-5-4-9-22-14/h4-5,9,13H,3,6-8,10-12H2,1-2H3,(H,17,20). The Hall–Kier alpha value is -1.40. The predicted octanol–water partition coefficient (Wildman–Crippen LogP) is 1.70. The Morgan fingerprint density at radius 2 is 2.14 bits per heavy atom. The smallest absolute Gasteiger partial charge is 0.239 e. The lowest BCUT2D eigenvalue weighted by Gasteiger charge is -2.24. The van der Waals surface area contributed by atoms with Gasteiger partial charge in [0.25, 0.3) is 0 Å². The van der Waals surface area contributed by atoms with Gasteiger partial charge in [0.2, 0.25) is 11.8 Å². The van der Waals surface area contributed by atoms with E-state index in [1.54, 1.807) is 18.4 Å². The van der Waals surface area contributed by atoms with Crippen molar-refractivity contribution >= 4 is 23.2 Å². The van der Waals surface area contributed by atoms with Gasteiger partial charge in [0.1, 0.15) is 0 Å². The van der Waals surface area contributed by atoms with Gasteiger partial charge >= 0.3 is 0 Å². The highest BCUT2D eigenvalue weighted by molar-refractivity contribution is 7.09. The summed E-state index contributed by atoms with van der Waals surface area (Å²) in [4.78, 5) is 29.1. The third kappa shape index (κ3) is 5.42. The number of carbonyl (C=O) groups excluding carboxylic acids is 2. The minimum atomic E-state index is -0.0890. The molecule has 122 valence electrons. The zero-order valence-electron chi connectivity index (χ0n) is 13.4. The molecule has 1 N–H and O–H groups in total. The fourth-order valence-corrected chi connectivity index (χ4v) is 3.00. The van der Waals surface area contributed by atoms with Crippen molar-refractivity contribution < 1.29 is 9.59 Å². The first-order valence-electron chi connectivity index (χ1n) is 7.87. The van der Waals surface area contributed by atoms with Gasteiger partial charge in [-0.3, -0.25) is 14.5 Å². The molecule has 1 heterocycles. The topological polar surface area (TPSA) is 52.7 Å². The average molecular weight is 323 g/mol. The molecule has 0 aromatic carbocycles. The van der Waals surface area contributed by atoms with Gasteiger partial charge in [0.05, 0.1) is 13.1 Å². The van der Waals surface area contributed by atoms with Crippen LogP contribution < -0.4 is 5.32 Å². The molecule has 0 aliphatic heterocycles. The minimum absolute atomic E-state index is 0.00936. The van der Waals surface area contributed by atoms with E-state index in [0.717, 1.165) is 13.0 Å². The van der Waals surface area contributed by atoms with Crippen LogP contribution in [-0.4, -0.2) is 54.3 Å². The van der Waals surface area contributed by atoms with Crippen LogP contribution in [0.1, 0.15) is 31.1 Å². The summed E-state index contributed by atoms with van der Waals surface area (Å²) in [6.45, 7) is 4.01. The lowest BCUT2D eigenvalue weighted by molar-refractivity contribution is -0.135. The first-order valence-corrected chi connectivity index (χ1v) is 8.75. The van der Waals surface area contributed by atoms with E-state index in [9.17, 15) is 9.59 Å². The molecular weight excluding hydrogens is 298 g/mol. The van der Waals surface area contributed by atoms with Gasteiger partial charge in [0, 0.05) is 31.1 Å². The maximum atomic E-state index is 12.3. The van der Waals surface area contributed by atoms with Gasteiger partial charge in [0.15, 0.2) is 0 Å². The highest BCUT2D eigenvalue weighted by atomic mass is 32.1. The van der Waals surface area contributed by atoms with Crippen molar-refractivity contribution in [3.63, 3.8) is 0 Å². The fourth-order valence-electron chi connectivity index (χ4n) is 2.27. The first-order chi connectivity index (χ1) is 10.6.